The maximum atomic E-state index is 11.0. The van der Waals surface area contributed by atoms with Crippen LogP contribution < -0.4 is 4.74 Å². The second-order valence-corrected chi connectivity index (χ2v) is 8.79. The Bertz CT molecular complexity index is 812. The molecule has 1 aliphatic carbocycles. The lowest BCUT2D eigenvalue weighted by atomic mass is 9.81. The molecule has 29 heavy (non-hydrogen) atoms. The van der Waals surface area contributed by atoms with Crippen molar-refractivity contribution in [2.75, 3.05) is 7.11 Å². The molecule has 164 valence electrons. The van der Waals surface area contributed by atoms with Crippen LogP contribution in [0.5, 0.6) is 5.75 Å². The lowest BCUT2D eigenvalue weighted by Gasteiger charge is -2.40. The van der Waals surface area contributed by atoms with Gasteiger partial charge in [-0.3, -0.25) is 4.55 Å². The van der Waals surface area contributed by atoms with E-state index >= 15 is 0 Å². The fourth-order valence-corrected chi connectivity index (χ4v) is 4.76. The van der Waals surface area contributed by atoms with Gasteiger partial charge in [-0.2, -0.15) is 8.42 Å². The number of aliphatic hydroxyl groups excluding tert-OH is 3. The van der Waals surface area contributed by atoms with Gasteiger partial charge in [-0.1, -0.05) is 12.5 Å². The van der Waals surface area contributed by atoms with Crippen molar-refractivity contribution in [2.45, 2.75) is 75.1 Å². The van der Waals surface area contributed by atoms with Gasteiger partial charge in [0.25, 0.3) is 0 Å². The van der Waals surface area contributed by atoms with E-state index in [1.807, 2.05) is 12.1 Å². The number of rotatable bonds is 5. The first-order valence-corrected chi connectivity index (χ1v) is 11.0. The van der Waals surface area contributed by atoms with Crippen LogP contribution in [0, 0.1) is 0 Å². The highest BCUT2D eigenvalue weighted by Gasteiger charge is 2.43. The van der Waals surface area contributed by atoms with Gasteiger partial charge < -0.3 is 24.8 Å². The Morgan fingerprint density at radius 2 is 1.83 bits per heavy atom. The summed E-state index contributed by atoms with van der Waals surface area (Å²) in [7, 11) is -3.03. The normalized spacial score (nSPS) is 36.0. The van der Waals surface area contributed by atoms with Crippen molar-refractivity contribution in [3.05, 3.63) is 29.3 Å². The molecule has 7 atom stereocenters. The third-order valence-electron chi connectivity index (χ3n) is 5.77. The van der Waals surface area contributed by atoms with Crippen molar-refractivity contribution in [3.8, 4) is 5.75 Å². The van der Waals surface area contributed by atoms with Crippen molar-refractivity contribution in [1.29, 1.82) is 0 Å². The Kier molecular flexibility index (Phi) is 6.84. The molecular weight excluding hydrogens is 404 g/mol. The summed E-state index contributed by atoms with van der Waals surface area (Å²) in [5, 5.41) is 30.6. The van der Waals surface area contributed by atoms with Crippen molar-refractivity contribution >= 4 is 10.4 Å². The molecular formula is C19H28O9S. The maximum Gasteiger partial charge on any atom is 0.397 e. The molecule has 0 radical (unpaired) electrons. The first-order valence-electron chi connectivity index (χ1n) is 9.64. The first-order chi connectivity index (χ1) is 13.6. The Labute approximate surface area is 170 Å². The molecule has 3 rings (SSSR count). The van der Waals surface area contributed by atoms with Gasteiger partial charge >= 0.3 is 10.4 Å². The van der Waals surface area contributed by atoms with Gasteiger partial charge in [-0.15, -0.1) is 0 Å². The fourth-order valence-electron chi connectivity index (χ4n) is 4.24. The van der Waals surface area contributed by atoms with E-state index in [-0.39, 0.29) is 5.92 Å². The smallest absolute Gasteiger partial charge is 0.397 e. The average molecular weight is 432 g/mol. The van der Waals surface area contributed by atoms with Gasteiger partial charge in [0.05, 0.1) is 19.3 Å². The highest BCUT2D eigenvalue weighted by molar-refractivity contribution is 7.80. The third kappa shape index (κ3) is 5.08. The predicted molar refractivity (Wildman–Crippen MR) is 102 cm³/mol. The fraction of sp³-hybridized carbons (Fsp3) is 0.684. The summed E-state index contributed by atoms with van der Waals surface area (Å²) < 4.78 is 47.0. The van der Waals surface area contributed by atoms with Gasteiger partial charge in [0.15, 0.2) is 0 Å². The van der Waals surface area contributed by atoms with Crippen molar-refractivity contribution in [3.63, 3.8) is 0 Å². The van der Waals surface area contributed by atoms with E-state index in [9.17, 15) is 23.7 Å². The first kappa shape index (κ1) is 22.4. The topological polar surface area (TPSA) is 143 Å². The molecule has 2 aliphatic rings. The van der Waals surface area contributed by atoms with Crippen LogP contribution >= 0.6 is 0 Å². The summed E-state index contributed by atoms with van der Waals surface area (Å²) in [6, 6.07) is 5.40. The van der Waals surface area contributed by atoms with Crippen molar-refractivity contribution in [2.24, 2.45) is 0 Å². The SMILES string of the molecule is COc1ccc(C2CCCC(OS(=O)(=O)O)C2)cc1[C@@H]1O[C@H](C)[C@H](O)[C@H](O)[C@H]1O. The summed E-state index contributed by atoms with van der Waals surface area (Å²) in [5.74, 6) is 0.448. The molecule has 1 saturated carbocycles. The van der Waals surface area contributed by atoms with E-state index in [1.54, 1.807) is 13.0 Å². The molecule has 1 saturated heterocycles. The van der Waals surface area contributed by atoms with Crippen molar-refractivity contribution in [1.82, 2.24) is 0 Å². The second-order valence-electron chi connectivity index (χ2n) is 7.74. The van der Waals surface area contributed by atoms with Crippen LogP contribution in [-0.2, 0) is 19.3 Å². The summed E-state index contributed by atoms with van der Waals surface area (Å²) >= 11 is 0. The minimum atomic E-state index is -4.51. The summed E-state index contributed by atoms with van der Waals surface area (Å²) in [4.78, 5) is 0. The summed E-state index contributed by atoms with van der Waals surface area (Å²) in [5.41, 5.74) is 1.42. The van der Waals surface area contributed by atoms with E-state index in [1.165, 1.54) is 7.11 Å². The van der Waals surface area contributed by atoms with Gasteiger partial charge in [-0.05, 0) is 49.8 Å². The van der Waals surface area contributed by atoms with E-state index in [2.05, 4.69) is 0 Å². The zero-order valence-corrected chi connectivity index (χ0v) is 17.2. The minimum absolute atomic E-state index is 0.0196. The highest BCUT2D eigenvalue weighted by atomic mass is 32.3. The van der Waals surface area contributed by atoms with Crippen LogP contribution in [0.1, 0.15) is 55.8 Å². The molecule has 2 fully saturated rings. The van der Waals surface area contributed by atoms with Crippen LogP contribution in [0.25, 0.3) is 0 Å². The van der Waals surface area contributed by atoms with Gasteiger partial charge in [0.2, 0.25) is 0 Å². The Morgan fingerprint density at radius 3 is 2.48 bits per heavy atom. The largest absolute Gasteiger partial charge is 0.496 e. The number of benzene rings is 1. The van der Waals surface area contributed by atoms with Crippen LogP contribution in [0.3, 0.4) is 0 Å². The molecule has 10 heteroatoms. The Hall–Kier alpha value is -1.27. The molecule has 2 unspecified atom stereocenters. The molecule has 1 aliphatic heterocycles. The number of methoxy groups -OCH3 is 1. The van der Waals surface area contributed by atoms with Crippen molar-refractivity contribution < 1.29 is 41.9 Å². The van der Waals surface area contributed by atoms with E-state index in [0.717, 1.165) is 18.4 Å². The van der Waals surface area contributed by atoms with Crippen LogP contribution in [0.2, 0.25) is 0 Å². The summed E-state index contributed by atoms with van der Waals surface area (Å²) in [6.07, 6.45) is -3.61. The van der Waals surface area contributed by atoms with E-state index in [0.29, 0.717) is 24.2 Å². The molecule has 0 aromatic heterocycles. The van der Waals surface area contributed by atoms with E-state index in [4.69, 9.17) is 18.2 Å². The van der Waals surface area contributed by atoms with Crippen LogP contribution in [-0.4, -0.2) is 65.9 Å². The quantitative estimate of drug-likeness (QED) is 0.503. The zero-order valence-electron chi connectivity index (χ0n) is 16.3. The summed E-state index contributed by atoms with van der Waals surface area (Å²) in [6.45, 7) is 1.61. The zero-order chi connectivity index (χ0) is 21.3. The standard InChI is InChI=1S/C19H28O9S/c1-10-16(20)17(21)18(22)19(27-10)14-9-12(6-7-15(14)26-2)11-4-3-5-13(8-11)28-29(23,24)25/h6-7,9-11,13,16-22H,3-5,8H2,1-2H3,(H,23,24,25)/t10-,11?,13?,16+,17+,18-,19+/m1/s1. The second kappa shape index (κ2) is 8.84. The molecule has 9 nitrogen and oxygen atoms in total. The highest BCUT2D eigenvalue weighted by Crippen LogP contribution is 2.41. The maximum absolute atomic E-state index is 11.0. The number of aliphatic hydroxyl groups is 3. The van der Waals surface area contributed by atoms with Crippen LogP contribution in [0.4, 0.5) is 0 Å². The predicted octanol–water partition coefficient (Wildman–Crippen LogP) is 1.08. The molecule has 0 amide bonds. The molecule has 1 heterocycles. The number of hydrogen-bond donors (Lipinski definition) is 4. The molecule has 0 spiro atoms. The molecule has 1 aromatic rings. The number of hydrogen-bond acceptors (Lipinski definition) is 8. The molecule has 1 aromatic carbocycles. The monoisotopic (exact) mass is 432 g/mol. The molecule has 0 bridgehead atoms. The lowest BCUT2D eigenvalue weighted by Crippen LogP contribution is -2.53. The third-order valence-corrected chi connectivity index (χ3v) is 6.28. The number of ether oxygens (including phenoxy) is 2. The molecule has 4 N–H and O–H groups in total. The Balaban J connectivity index is 1.87. The van der Waals surface area contributed by atoms with Gasteiger partial charge in [0.1, 0.15) is 30.2 Å². The van der Waals surface area contributed by atoms with Crippen LogP contribution in [0.15, 0.2) is 18.2 Å². The van der Waals surface area contributed by atoms with Gasteiger partial charge in [-0.25, -0.2) is 4.18 Å². The lowest BCUT2D eigenvalue weighted by molar-refractivity contribution is -0.219. The minimum Gasteiger partial charge on any atom is -0.496 e. The van der Waals surface area contributed by atoms with Gasteiger partial charge in [0, 0.05) is 5.56 Å². The van der Waals surface area contributed by atoms with E-state index < -0.39 is 47.0 Å². The average Bonchev–Trinajstić information content (AvgIpc) is 2.67. The Morgan fingerprint density at radius 1 is 1.10 bits per heavy atom.